The smallest absolute Gasteiger partial charge is 0.240 e. The van der Waals surface area contributed by atoms with Crippen molar-refractivity contribution in [3.05, 3.63) is 71.2 Å². The van der Waals surface area contributed by atoms with E-state index in [1.807, 2.05) is 36.4 Å². The highest BCUT2D eigenvalue weighted by atomic mass is 35.5. The van der Waals surface area contributed by atoms with Crippen LogP contribution in [0.3, 0.4) is 0 Å². The van der Waals surface area contributed by atoms with Crippen molar-refractivity contribution < 1.29 is 14.3 Å². The van der Waals surface area contributed by atoms with Gasteiger partial charge in [-0.15, -0.1) is 6.42 Å². The van der Waals surface area contributed by atoms with Gasteiger partial charge in [-0.3, -0.25) is 9.59 Å². The van der Waals surface area contributed by atoms with Gasteiger partial charge in [-0.25, -0.2) is 5.43 Å². The number of nitrogens with one attached hydrogen (secondary N) is 2. The SMILES string of the molecule is C#CCOc1ccc2ccccc2c1C=NNC(=O)CCC(=O)Nc1ccccc1Cl. The largest absolute Gasteiger partial charge is 0.480 e. The minimum Gasteiger partial charge on any atom is -0.480 e. The van der Waals surface area contributed by atoms with Crippen molar-refractivity contribution in [2.24, 2.45) is 5.10 Å². The number of halogens is 1. The van der Waals surface area contributed by atoms with E-state index in [0.29, 0.717) is 22.0 Å². The Labute approximate surface area is 185 Å². The molecule has 3 rings (SSSR count). The van der Waals surface area contributed by atoms with Gasteiger partial charge in [0.05, 0.1) is 16.9 Å². The van der Waals surface area contributed by atoms with E-state index in [1.165, 1.54) is 6.21 Å². The Balaban J connectivity index is 1.60. The van der Waals surface area contributed by atoms with Crippen molar-refractivity contribution in [2.75, 3.05) is 11.9 Å². The third-order valence-corrected chi connectivity index (χ3v) is 4.68. The molecule has 0 saturated heterocycles. The number of ether oxygens (including phenoxy) is 1. The van der Waals surface area contributed by atoms with Crippen molar-refractivity contribution in [2.45, 2.75) is 12.8 Å². The van der Waals surface area contributed by atoms with Crippen LogP contribution in [0.15, 0.2) is 65.8 Å². The zero-order valence-corrected chi connectivity index (χ0v) is 17.4. The van der Waals surface area contributed by atoms with Crippen LogP contribution in [0, 0.1) is 12.3 Å². The van der Waals surface area contributed by atoms with E-state index in [4.69, 9.17) is 22.8 Å². The van der Waals surface area contributed by atoms with Gasteiger partial charge in [-0.2, -0.15) is 5.10 Å². The van der Waals surface area contributed by atoms with Crippen LogP contribution in [-0.2, 0) is 9.59 Å². The maximum absolute atomic E-state index is 12.1. The van der Waals surface area contributed by atoms with Crippen LogP contribution in [0.1, 0.15) is 18.4 Å². The molecule has 2 N–H and O–H groups in total. The highest BCUT2D eigenvalue weighted by Crippen LogP contribution is 2.26. The van der Waals surface area contributed by atoms with E-state index in [9.17, 15) is 9.59 Å². The van der Waals surface area contributed by atoms with Gasteiger partial charge in [0, 0.05) is 18.4 Å². The van der Waals surface area contributed by atoms with E-state index < -0.39 is 5.91 Å². The molecule has 31 heavy (non-hydrogen) atoms. The first kappa shape index (κ1) is 21.9. The Hall–Kier alpha value is -3.82. The molecular weight excluding hydrogens is 414 g/mol. The predicted molar refractivity (Wildman–Crippen MR) is 123 cm³/mol. The van der Waals surface area contributed by atoms with Crippen LogP contribution in [-0.4, -0.2) is 24.6 Å². The molecule has 6 nitrogen and oxygen atoms in total. The molecule has 0 aliphatic carbocycles. The summed E-state index contributed by atoms with van der Waals surface area (Å²) in [6.07, 6.45) is 6.77. The van der Waals surface area contributed by atoms with E-state index in [1.54, 1.807) is 24.3 Å². The van der Waals surface area contributed by atoms with Gasteiger partial charge >= 0.3 is 0 Å². The topological polar surface area (TPSA) is 79.8 Å². The molecule has 0 heterocycles. The van der Waals surface area contributed by atoms with Crippen LogP contribution in [0.5, 0.6) is 5.75 Å². The second kappa shape index (κ2) is 10.8. The number of fused-ring (bicyclic) bond motifs is 1. The number of amides is 2. The molecule has 3 aromatic rings. The molecule has 0 aliphatic rings. The molecule has 0 aromatic heterocycles. The summed E-state index contributed by atoms with van der Waals surface area (Å²) in [6.45, 7) is 0.117. The number of benzene rings is 3. The average molecular weight is 434 g/mol. The van der Waals surface area contributed by atoms with Crippen molar-refractivity contribution in [1.82, 2.24) is 5.43 Å². The van der Waals surface area contributed by atoms with Crippen molar-refractivity contribution in [1.29, 1.82) is 0 Å². The molecule has 0 fully saturated rings. The maximum atomic E-state index is 12.1. The second-order valence-electron chi connectivity index (χ2n) is 6.51. The Morgan fingerprint density at radius 3 is 2.58 bits per heavy atom. The summed E-state index contributed by atoms with van der Waals surface area (Å²) in [5, 5.41) is 9.04. The molecule has 0 spiro atoms. The average Bonchev–Trinajstić information content (AvgIpc) is 2.78. The third kappa shape index (κ3) is 6.08. The van der Waals surface area contributed by atoms with Crippen LogP contribution >= 0.6 is 11.6 Å². The fourth-order valence-corrected chi connectivity index (χ4v) is 3.06. The number of carbonyl (C=O) groups is 2. The summed E-state index contributed by atoms with van der Waals surface area (Å²) in [5.74, 6) is 2.29. The lowest BCUT2D eigenvalue weighted by Gasteiger charge is -2.10. The summed E-state index contributed by atoms with van der Waals surface area (Å²) in [4.78, 5) is 24.1. The highest BCUT2D eigenvalue weighted by Gasteiger charge is 2.10. The molecule has 0 radical (unpaired) electrons. The molecule has 7 heteroatoms. The van der Waals surface area contributed by atoms with Gasteiger partial charge in [-0.05, 0) is 29.0 Å². The number of hydrazone groups is 1. The molecular formula is C24H20ClN3O3. The Kier molecular flexibility index (Phi) is 7.63. The third-order valence-electron chi connectivity index (χ3n) is 4.35. The standard InChI is InChI=1S/C24H20ClN3O3/c1-2-15-31-22-12-11-17-7-3-4-8-18(17)19(22)16-26-28-24(30)14-13-23(29)27-21-10-6-5-9-20(21)25/h1,3-12,16H,13-15H2,(H,27,29)(H,28,30). The first-order chi connectivity index (χ1) is 15.1. The number of hydrogen-bond acceptors (Lipinski definition) is 4. The van der Waals surface area contributed by atoms with Gasteiger partial charge in [0.15, 0.2) is 0 Å². The Bertz CT molecular complexity index is 1170. The minimum absolute atomic E-state index is 0.00260. The van der Waals surface area contributed by atoms with Crippen LogP contribution in [0.2, 0.25) is 5.02 Å². The maximum Gasteiger partial charge on any atom is 0.240 e. The fraction of sp³-hybridized carbons (Fsp3) is 0.125. The summed E-state index contributed by atoms with van der Waals surface area (Å²) in [6, 6.07) is 18.4. The van der Waals surface area contributed by atoms with Gasteiger partial charge in [0.1, 0.15) is 12.4 Å². The molecule has 0 saturated carbocycles. The van der Waals surface area contributed by atoms with Crippen LogP contribution < -0.4 is 15.5 Å². The van der Waals surface area contributed by atoms with Crippen molar-refractivity contribution >= 4 is 46.1 Å². The zero-order valence-electron chi connectivity index (χ0n) is 16.6. The van der Waals surface area contributed by atoms with Gasteiger partial charge in [-0.1, -0.05) is 60.0 Å². The van der Waals surface area contributed by atoms with Gasteiger partial charge < -0.3 is 10.1 Å². The molecule has 0 atom stereocenters. The summed E-state index contributed by atoms with van der Waals surface area (Å²) >= 11 is 6.01. The van der Waals surface area contributed by atoms with E-state index >= 15 is 0 Å². The van der Waals surface area contributed by atoms with Gasteiger partial charge in [0.25, 0.3) is 0 Å². The molecule has 0 aliphatic heterocycles. The molecule has 156 valence electrons. The number of carbonyl (C=O) groups excluding carboxylic acids is 2. The lowest BCUT2D eigenvalue weighted by molar-refractivity contribution is -0.124. The number of para-hydroxylation sites is 1. The fourth-order valence-electron chi connectivity index (χ4n) is 2.88. The minimum atomic E-state index is -0.392. The van der Waals surface area contributed by atoms with E-state index in [0.717, 1.165) is 10.8 Å². The van der Waals surface area contributed by atoms with Crippen molar-refractivity contribution in [3.63, 3.8) is 0 Å². The molecule has 3 aromatic carbocycles. The lowest BCUT2D eigenvalue weighted by Crippen LogP contribution is -2.20. The quantitative estimate of drug-likeness (QED) is 0.314. The van der Waals surface area contributed by atoms with E-state index in [-0.39, 0.29) is 25.4 Å². The number of hydrogen-bond donors (Lipinski definition) is 2. The second-order valence-corrected chi connectivity index (χ2v) is 6.92. The highest BCUT2D eigenvalue weighted by molar-refractivity contribution is 6.33. The lowest BCUT2D eigenvalue weighted by atomic mass is 10.0. The number of rotatable bonds is 8. The summed E-state index contributed by atoms with van der Waals surface area (Å²) < 4.78 is 5.59. The Morgan fingerprint density at radius 2 is 1.77 bits per heavy atom. The van der Waals surface area contributed by atoms with Crippen LogP contribution in [0.25, 0.3) is 10.8 Å². The summed E-state index contributed by atoms with van der Waals surface area (Å²) in [7, 11) is 0. The summed E-state index contributed by atoms with van der Waals surface area (Å²) in [5.41, 5.74) is 3.64. The molecule has 0 bridgehead atoms. The zero-order chi connectivity index (χ0) is 22.1. The Morgan fingerprint density at radius 1 is 1.03 bits per heavy atom. The molecule has 0 unspecified atom stereocenters. The monoisotopic (exact) mass is 433 g/mol. The first-order valence-electron chi connectivity index (χ1n) is 9.53. The predicted octanol–water partition coefficient (Wildman–Crippen LogP) is 4.37. The number of nitrogens with zero attached hydrogens (tertiary/aromatic N) is 1. The molecule has 2 amide bonds. The number of anilines is 1. The van der Waals surface area contributed by atoms with Gasteiger partial charge in [0.2, 0.25) is 11.8 Å². The first-order valence-corrected chi connectivity index (χ1v) is 9.90. The number of terminal acetylenes is 1. The van der Waals surface area contributed by atoms with Crippen LogP contribution in [0.4, 0.5) is 5.69 Å². The normalized spacial score (nSPS) is 10.6. The van der Waals surface area contributed by atoms with Crippen molar-refractivity contribution in [3.8, 4) is 18.1 Å². The van der Waals surface area contributed by atoms with E-state index in [2.05, 4.69) is 21.8 Å².